The molecular formula is C40H29N. The first-order valence-corrected chi connectivity index (χ1v) is 13.7. The van der Waals surface area contributed by atoms with Crippen molar-refractivity contribution in [2.24, 2.45) is 0 Å². The standard InChI is InChI=1S/C40H29N/c1-3-11-30(12-4-1)32-21-25-36(26-22-32)41(37-27-23-33(24-28-37)31-13-5-2-6-14-31)38-18-9-17-35(29-38)40-20-10-16-34-15-7-8-19-39(34)40/h1-29H/i21D,22D,25D,26D. The SMILES string of the molecule is [2H]c1c([2H])c(N(c2ccc(-c3ccccc3)cc2)c2cccc(-c3cccc4ccccc34)c2)c([2H])c([2H])c1-c1ccccc1. The first-order chi connectivity index (χ1) is 22.0. The van der Waals surface area contributed by atoms with Gasteiger partial charge in [-0.1, -0.05) is 139 Å². The zero-order chi connectivity index (χ0) is 30.9. The number of rotatable bonds is 6. The summed E-state index contributed by atoms with van der Waals surface area (Å²) < 4.78 is 36.5. The van der Waals surface area contributed by atoms with Crippen LogP contribution in [-0.2, 0) is 0 Å². The van der Waals surface area contributed by atoms with Gasteiger partial charge in [0.15, 0.2) is 0 Å². The van der Waals surface area contributed by atoms with Crippen molar-refractivity contribution in [1.29, 1.82) is 0 Å². The van der Waals surface area contributed by atoms with Crippen LogP contribution in [0, 0.1) is 0 Å². The van der Waals surface area contributed by atoms with Crippen molar-refractivity contribution in [3.63, 3.8) is 0 Å². The monoisotopic (exact) mass is 527 g/mol. The number of hydrogen-bond acceptors (Lipinski definition) is 1. The molecule has 0 radical (unpaired) electrons. The summed E-state index contributed by atoms with van der Waals surface area (Å²) in [6.45, 7) is 0. The van der Waals surface area contributed by atoms with E-state index in [9.17, 15) is 2.74 Å². The van der Waals surface area contributed by atoms with Crippen LogP contribution in [0.4, 0.5) is 17.1 Å². The van der Waals surface area contributed by atoms with Gasteiger partial charge in [-0.2, -0.15) is 0 Å². The van der Waals surface area contributed by atoms with Gasteiger partial charge in [0.05, 0.1) is 5.48 Å². The van der Waals surface area contributed by atoms with Crippen molar-refractivity contribution < 1.29 is 5.48 Å². The van der Waals surface area contributed by atoms with Crippen LogP contribution in [0.2, 0.25) is 0 Å². The molecule has 0 aliphatic carbocycles. The summed E-state index contributed by atoms with van der Waals surface area (Å²) in [5, 5.41) is 2.28. The van der Waals surface area contributed by atoms with Gasteiger partial charge in [-0.25, -0.2) is 0 Å². The third-order valence-electron chi connectivity index (χ3n) is 7.34. The van der Waals surface area contributed by atoms with Gasteiger partial charge < -0.3 is 4.90 Å². The van der Waals surface area contributed by atoms with Crippen LogP contribution in [-0.4, -0.2) is 0 Å². The first-order valence-electron chi connectivity index (χ1n) is 15.7. The lowest BCUT2D eigenvalue weighted by atomic mass is 9.97. The Morgan fingerprint density at radius 1 is 0.366 bits per heavy atom. The fourth-order valence-corrected chi connectivity index (χ4v) is 5.30. The predicted octanol–water partition coefficient (Wildman–Crippen LogP) is 11.3. The maximum absolute atomic E-state index is 9.22. The molecule has 0 amide bonds. The molecule has 7 rings (SSSR count). The smallest absolute Gasteiger partial charge is 0.0645 e. The second-order valence-corrected chi connectivity index (χ2v) is 9.91. The summed E-state index contributed by atoms with van der Waals surface area (Å²) in [4.78, 5) is 1.85. The fourth-order valence-electron chi connectivity index (χ4n) is 5.30. The summed E-state index contributed by atoms with van der Waals surface area (Å²) in [5.41, 5.74) is 6.81. The summed E-state index contributed by atoms with van der Waals surface area (Å²) in [5.74, 6) is 0. The lowest BCUT2D eigenvalue weighted by Crippen LogP contribution is -2.10. The van der Waals surface area contributed by atoms with Crippen LogP contribution >= 0.6 is 0 Å². The quantitative estimate of drug-likeness (QED) is 0.208. The van der Waals surface area contributed by atoms with Gasteiger partial charge in [-0.15, -0.1) is 0 Å². The van der Waals surface area contributed by atoms with Gasteiger partial charge >= 0.3 is 0 Å². The van der Waals surface area contributed by atoms with E-state index in [1.54, 1.807) is 0 Å². The van der Waals surface area contributed by atoms with Crippen molar-refractivity contribution in [3.8, 4) is 33.4 Å². The number of fused-ring (bicyclic) bond motifs is 1. The molecule has 0 unspecified atom stereocenters. The number of benzene rings is 7. The summed E-state index contributed by atoms with van der Waals surface area (Å²) in [6, 6.07) is 49.6. The second kappa shape index (κ2) is 11.0. The first kappa shape index (κ1) is 20.5. The van der Waals surface area contributed by atoms with Crippen LogP contribution in [0.5, 0.6) is 0 Å². The highest BCUT2D eigenvalue weighted by Crippen LogP contribution is 2.39. The van der Waals surface area contributed by atoms with Crippen LogP contribution in [0.1, 0.15) is 5.48 Å². The molecule has 0 atom stereocenters. The van der Waals surface area contributed by atoms with E-state index in [4.69, 9.17) is 2.74 Å². The molecule has 0 aliphatic heterocycles. The van der Waals surface area contributed by atoms with Gasteiger partial charge in [-0.05, 0) is 80.5 Å². The largest absolute Gasteiger partial charge is 0.310 e. The van der Waals surface area contributed by atoms with Gasteiger partial charge in [0.2, 0.25) is 0 Å². The van der Waals surface area contributed by atoms with Crippen molar-refractivity contribution in [1.82, 2.24) is 0 Å². The number of anilines is 3. The Bertz CT molecular complexity index is 2110. The van der Waals surface area contributed by atoms with E-state index in [1.165, 1.54) is 0 Å². The minimum absolute atomic E-state index is 0.0756. The Balaban J connectivity index is 1.44. The van der Waals surface area contributed by atoms with Crippen LogP contribution in [0.3, 0.4) is 0 Å². The molecule has 194 valence electrons. The third kappa shape index (κ3) is 5.02. The average Bonchev–Trinajstić information content (AvgIpc) is 3.10. The van der Waals surface area contributed by atoms with E-state index in [1.807, 2.05) is 102 Å². The molecule has 1 heteroatoms. The Labute approximate surface area is 247 Å². The van der Waals surface area contributed by atoms with Crippen molar-refractivity contribution >= 4 is 27.8 Å². The van der Waals surface area contributed by atoms with Crippen molar-refractivity contribution in [2.75, 3.05) is 4.90 Å². The highest BCUT2D eigenvalue weighted by molar-refractivity contribution is 5.97. The molecule has 0 saturated carbocycles. The van der Waals surface area contributed by atoms with E-state index in [2.05, 4.69) is 54.6 Å². The predicted molar refractivity (Wildman–Crippen MR) is 175 cm³/mol. The zero-order valence-corrected chi connectivity index (χ0v) is 22.4. The lowest BCUT2D eigenvalue weighted by molar-refractivity contribution is 1.28. The molecule has 0 heterocycles. The molecule has 0 spiro atoms. The Hall–Kier alpha value is -5.40. The molecule has 7 aromatic rings. The van der Waals surface area contributed by atoms with E-state index in [0.29, 0.717) is 11.1 Å². The lowest BCUT2D eigenvalue weighted by Gasteiger charge is -2.26. The van der Waals surface area contributed by atoms with E-state index >= 15 is 0 Å². The topological polar surface area (TPSA) is 3.24 Å². The fraction of sp³-hybridized carbons (Fsp3) is 0. The van der Waals surface area contributed by atoms with E-state index < -0.39 is 0 Å². The second-order valence-electron chi connectivity index (χ2n) is 9.91. The third-order valence-corrected chi connectivity index (χ3v) is 7.34. The van der Waals surface area contributed by atoms with Crippen LogP contribution in [0.15, 0.2) is 176 Å². The average molecular weight is 528 g/mol. The number of hydrogen-bond donors (Lipinski definition) is 0. The maximum atomic E-state index is 9.22. The van der Waals surface area contributed by atoms with Gasteiger partial charge in [-0.3, -0.25) is 0 Å². The molecule has 0 aliphatic rings. The molecule has 1 nitrogen and oxygen atoms in total. The molecule has 0 saturated heterocycles. The number of nitrogens with zero attached hydrogens (tertiary/aromatic N) is 1. The maximum Gasteiger partial charge on any atom is 0.0645 e. The molecule has 0 bridgehead atoms. The van der Waals surface area contributed by atoms with Crippen LogP contribution in [0.25, 0.3) is 44.2 Å². The normalized spacial score (nSPS) is 12.3. The Morgan fingerprint density at radius 2 is 0.927 bits per heavy atom. The molecule has 41 heavy (non-hydrogen) atoms. The van der Waals surface area contributed by atoms with E-state index in [-0.39, 0.29) is 29.9 Å². The van der Waals surface area contributed by atoms with Crippen molar-refractivity contribution in [2.45, 2.75) is 0 Å². The van der Waals surface area contributed by atoms with Gasteiger partial charge in [0, 0.05) is 17.1 Å². The van der Waals surface area contributed by atoms with Crippen LogP contribution < -0.4 is 4.90 Å². The molecule has 0 fully saturated rings. The Morgan fingerprint density at radius 3 is 1.66 bits per heavy atom. The Kier molecular flexibility index (Phi) is 5.50. The summed E-state index contributed by atoms with van der Waals surface area (Å²) >= 11 is 0. The van der Waals surface area contributed by atoms with Gasteiger partial charge in [0.1, 0.15) is 0 Å². The minimum atomic E-state index is -0.0995. The highest BCUT2D eigenvalue weighted by atomic mass is 15.1. The summed E-state index contributed by atoms with van der Waals surface area (Å²) in [6.07, 6.45) is 0. The molecule has 0 N–H and O–H groups in total. The zero-order valence-electron chi connectivity index (χ0n) is 26.4. The minimum Gasteiger partial charge on any atom is -0.310 e. The molecule has 7 aromatic carbocycles. The molecule has 0 aromatic heterocycles. The van der Waals surface area contributed by atoms with E-state index in [0.717, 1.165) is 44.4 Å². The van der Waals surface area contributed by atoms with Crippen molar-refractivity contribution in [3.05, 3.63) is 176 Å². The molecular weight excluding hydrogens is 494 g/mol. The highest BCUT2D eigenvalue weighted by Gasteiger charge is 2.15. The van der Waals surface area contributed by atoms with Gasteiger partial charge in [0.25, 0.3) is 0 Å². The summed E-state index contributed by atoms with van der Waals surface area (Å²) in [7, 11) is 0.